The predicted molar refractivity (Wildman–Crippen MR) is 183 cm³/mol. The van der Waals surface area contributed by atoms with Gasteiger partial charge in [0.25, 0.3) is 5.88 Å². The third-order valence-corrected chi connectivity index (χ3v) is 8.32. The number of carbonyl (C=O) groups is 4. The molecule has 0 saturated heterocycles. The molecule has 0 bridgehead atoms. The van der Waals surface area contributed by atoms with Gasteiger partial charge in [-0.25, -0.2) is 0 Å². The summed E-state index contributed by atoms with van der Waals surface area (Å²) in [6, 6.07) is 0. The second-order valence-corrected chi connectivity index (χ2v) is 12.5. The Hall–Kier alpha value is -3.58. The van der Waals surface area contributed by atoms with Crippen molar-refractivity contribution in [2.45, 2.75) is 111 Å². The lowest BCUT2D eigenvalue weighted by molar-refractivity contribution is -0.944. The summed E-state index contributed by atoms with van der Waals surface area (Å²) in [6.07, 6.45) is 14.2. The average Bonchev–Trinajstić information content (AvgIpc) is 3.54. The Morgan fingerprint density at radius 3 is 2.08 bits per heavy atom. The van der Waals surface area contributed by atoms with E-state index in [0.717, 1.165) is 68.1 Å². The molecule has 0 saturated carbocycles. The molecule has 0 aromatic carbocycles. The Labute approximate surface area is 289 Å². The molecule has 13 heteroatoms. The van der Waals surface area contributed by atoms with Crippen LogP contribution in [0.25, 0.3) is 5.57 Å². The maximum Gasteiger partial charge on any atom is 0.310 e. The molecule has 0 aliphatic carbocycles. The minimum absolute atomic E-state index is 0.0730. The van der Waals surface area contributed by atoms with E-state index in [9.17, 15) is 19.2 Å². The van der Waals surface area contributed by atoms with Gasteiger partial charge < -0.3 is 23.7 Å². The smallest absolute Gasteiger partial charge is 0.310 e. The summed E-state index contributed by atoms with van der Waals surface area (Å²) in [7, 11) is 2.02. The Kier molecular flexibility index (Phi) is 19.4. The SMILES string of the molecule is CC/C=C\CC(=O)OCC(COC(=O)C/C=C\CC)OC(=O)CCC(=O)OC(C)[N+]1(C)CCC=C(c2nsnc2OCCCCCC)C1. The highest BCUT2D eigenvalue weighted by Gasteiger charge is 2.37. The number of ether oxygens (including phenoxy) is 5. The molecule has 1 aliphatic rings. The number of quaternary nitrogens is 1. The maximum absolute atomic E-state index is 12.8. The van der Waals surface area contributed by atoms with Crippen LogP contribution in [0.2, 0.25) is 0 Å². The van der Waals surface area contributed by atoms with E-state index in [-0.39, 0.29) is 38.9 Å². The second-order valence-electron chi connectivity index (χ2n) is 11.9. The molecule has 2 rings (SSSR count). The first-order valence-corrected chi connectivity index (χ1v) is 17.8. The van der Waals surface area contributed by atoms with E-state index in [1.807, 2.05) is 40.0 Å². The zero-order valence-corrected chi connectivity index (χ0v) is 30.1. The van der Waals surface area contributed by atoms with Crippen LogP contribution >= 0.6 is 11.7 Å². The van der Waals surface area contributed by atoms with Crippen molar-refractivity contribution in [2.75, 3.05) is 40.0 Å². The fraction of sp³-hybridized carbons (Fsp3) is 0.657. The molecular formula is C35H54N3O9S+. The monoisotopic (exact) mass is 692 g/mol. The summed E-state index contributed by atoms with van der Waals surface area (Å²) in [5.74, 6) is -1.69. The van der Waals surface area contributed by atoms with Gasteiger partial charge in [0.05, 0.1) is 57.6 Å². The van der Waals surface area contributed by atoms with Gasteiger partial charge in [0.1, 0.15) is 25.5 Å². The summed E-state index contributed by atoms with van der Waals surface area (Å²) < 4.78 is 36.9. The van der Waals surface area contributed by atoms with Crippen molar-refractivity contribution in [1.82, 2.24) is 8.75 Å². The van der Waals surface area contributed by atoms with Crippen molar-refractivity contribution in [3.8, 4) is 5.88 Å². The van der Waals surface area contributed by atoms with Crippen molar-refractivity contribution >= 4 is 41.2 Å². The van der Waals surface area contributed by atoms with Gasteiger partial charge in [0, 0.05) is 18.9 Å². The first kappa shape index (κ1) is 40.6. The van der Waals surface area contributed by atoms with Gasteiger partial charge in [-0.2, -0.15) is 4.37 Å². The zero-order valence-electron chi connectivity index (χ0n) is 29.3. The number of allylic oxidation sites excluding steroid dienone is 2. The Morgan fingerprint density at radius 2 is 1.48 bits per heavy atom. The number of esters is 4. The molecule has 48 heavy (non-hydrogen) atoms. The number of carbonyl (C=O) groups excluding carboxylic acids is 4. The van der Waals surface area contributed by atoms with E-state index in [1.54, 1.807) is 12.2 Å². The standard InChI is InChI=1S/C35H54N3O9S/c1-6-9-12-15-23-43-35-34(36-48-37-35)28-17-16-22-38(5,24-28)27(4)46-32(41)20-21-33(42)47-29(25-44-30(39)18-13-10-7-2)26-45-31(40)19-14-11-8-3/h10-11,13-14,17,27,29H,6-9,12,15-16,18-26H2,1-5H3/q+1/b13-10-,14-11-. The van der Waals surface area contributed by atoms with Gasteiger partial charge in [-0.1, -0.05) is 70.4 Å². The van der Waals surface area contributed by atoms with Crippen LogP contribution in [0.15, 0.2) is 30.4 Å². The van der Waals surface area contributed by atoms with Crippen molar-refractivity contribution in [2.24, 2.45) is 0 Å². The molecule has 0 radical (unpaired) electrons. The third kappa shape index (κ3) is 15.5. The Bertz CT molecular complexity index is 1210. The summed E-state index contributed by atoms with van der Waals surface area (Å²) in [5, 5.41) is 0. The molecule has 0 N–H and O–H groups in total. The topological polar surface area (TPSA) is 140 Å². The van der Waals surface area contributed by atoms with Crippen LogP contribution < -0.4 is 4.74 Å². The summed E-state index contributed by atoms with van der Waals surface area (Å²) in [6.45, 7) is 9.28. The van der Waals surface area contributed by atoms with Crippen molar-refractivity contribution in [3.63, 3.8) is 0 Å². The van der Waals surface area contributed by atoms with Gasteiger partial charge >= 0.3 is 23.9 Å². The first-order valence-electron chi connectivity index (χ1n) is 17.1. The summed E-state index contributed by atoms with van der Waals surface area (Å²) in [4.78, 5) is 49.6. The van der Waals surface area contributed by atoms with Gasteiger partial charge in [-0.3, -0.25) is 23.7 Å². The van der Waals surface area contributed by atoms with Crippen LogP contribution in [0.1, 0.15) is 104 Å². The number of hydrogen-bond donors (Lipinski definition) is 0. The zero-order chi connectivity index (χ0) is 35.2. The minimum atomic E-state index is -1.01. The molecule has 12 nitrogen and oxygen atoms in total. The summed E-state index contributed by atoms with van der Waals surface area (Å²) >= 11 is 1.12. The van der Waals surface area contributed by atoms with Crippen molar-refractivity contribution in [3.05, 3.63) is 36.1 Å². The molecule has 2 heterocycles. The number of unbranched alkanes of at least 4 members (excludes halogenated alkanes) is 3. The number of rotatable bonds is 23. The maximum atomic E-state index is 12.8. The lowest BCUT2D eigenvalue weighted by atomic mass is 10.0. The molecule has 2 unspecified atom stereocenters. The van der Waals surface area contributed by atoms with Gasteiger partial charge in [0.15, 0.2) is 6.10 Å². The molecule has 1 aromatic rings. The Balaban J connectivity index is 1.88. The molecule has 2 atom stereocenters. The Morgan fingerprint density at radius 1 is 0.854 bits per heavy atom. The van der Waals surface area contributed by atoms with Crippen molar-refractivity contribution in [1.29, 1.82) is 0 Å². The molecule has 268 valence electrons. The molecule has 1 aliphatic heterocycles. The molecule has 0 fully saturated rings. The summed E-state index contributed by atoms with van der Waals surface area (Å²) in [5.41, 5.74) is 1.74. The van der Waals surface area contributed by atoms with Crippen LogP contribution in [0, 0.1) is 0 Å². The van der Waals surface area contributed by atoms with E-state index in [4.69, 9.17) is 23.7 Å². The van der Waals surface area contributed by atoms with Gasteiger partial charge in [0.2, 0.25) is 6.23 Å². The van der Waals surface area contributed by atoms with Crippen LogP contribution in [0.3, 0.4) is 0 Å². The molecule has 1 aromatic heterocycles. The largest absolute Gasteiger partial charge is 0.475 e. The number of aromatic nitrogens is 2. The number of likely N-dealkylation sites (N-methyl/N-ethyl adjacent to an activating group) is 1. The predicted octanol–water partition coefficient (Wildman–Crippen LogP) is 6.11. The number of hydrogen-bond acceptors (Lipinski definition) is 12. The minimum Gasteiger partial charge on any atom is -0.475 e. The quantitative estimate of drug-likeness (QED) is 0.0431. The van der Waals surface area contributed by atoms with E-state index in [2.05, 4.69) is 21.7 Å². The van der Waals surface area contributed by atoms with E-state index in [1.165, 1.54) is 6.42 Å². The normalized spacial score (nSPS) is 16.9. The van der Waals surface area contributed by atoms with Crippen LogP contribution in [-0.4, -0.2) is 89.4 Å². The van der Waals surface area contributed by atoms with Gasteiger partial charge in [-0.15, -0.1) is 4.37 Å². The highest BCUT2D eigenvalue weighted by Crippen LogP contribution is 2.31. The third-order valence-electron chi connectivity index (χ3n) is 7.81. The lowest BCUT2D eigenvalue weighted by Gasteiger charge is -2.41. The van der Waals surface area contributed by atoms with Crippen LogP contribution in [-0.2, 0) is 38.1 Å². The lowest BCUT2D eigenvalue weighted by Crippen LogP contribution is -2.55. The fourth-order valence-electron chi connectivity index (χ4n) is 4.84. The van der Waals surface area contributed by atoms with Gasteiger partial charge in [-0.05, 0) is 19.3 Å². The van der Waals surface area contributed by atoms with E-state index >= 15 is 0 Å². The second kappa shape index (κ2) is 22.9. The van der Waals surface area contributed by atoms with E-state index < -0.39 is 36.2 Å². The average molecular weight is 693 g/mol. The molecule has 0 amide bonds. The highest BCUT2D eigenvalue weighted by atomic mass is 32.1. The number of nitrogens with zero attached hydrogens (tertiary/aromatic N) is 3. The highest BCUT2D eigenvalue weighted by molar-refractivity contribution is 6.99. The fourth-order valence-corrected chi connectivity index (χ4v) is 5.37. The van der Waals surface area contributed by atoms with Crippen molar-refractivity contribution < 1.29 is 47.3 Å². The van der Waals surface area contributed by atoms with E-state index in [0.29, 0.717) is 23.5 Å². The molecular weight excluding hydrogens is 638 g/mol. The van der Waals surface area contributed by atoms with Crippen LogP contribution in [0.4, 0.5) is 0 Å². The molecule has 0 spiro atoms. The first-order chi connectivity index (χ1) is 23.1. The van der Waals surface area contributed by atoms with Crippen LogP contribution in [0.5, 0.6) is 5.88 Å².